The average molecular weight is 339 g/mol. The maximum atomic E-state index is 13.1. The summed E-state index contributed by atoms with van der Waals surface area (Å²) in [6.07, 6.45) is 4.31. The van der Waals surface area contributed by atoms with Gasteiger partial charge in [0.25, 0.3) is 0 Å². The first-order valence-electron chi connectivity index (χ1n) is 9.00. The van der Waals surface area contributed by atoms with Crippen LogP contribution in [0, 0.1) is 0 Å². The van der Waals surface area contributed by atoms with Gasteiger partial charge in [0.2, 0.25) is 5.91 Å². The topological polar surface area (TPSA) is 70.2 Å². The summed E-state index contributed by atoms with van der Waals surface area (Å²) in [4.78, 5) is 25.2. The monoisotopic (exact) mass is 339 g/mol. The Bertz CT molecular complexity index is 761. The quantitative estimate of drug-likeness (QED) is 0.793. The molecule has 0 atom stereocenters. The molecule has 5 heteroatoms. The van der Waals surface area contributed by atoms with Gasteiger partial charge in [-0.3, -0.25) is 4.79 Å². The molecule has 0 bridgehead atoms. The fraction of sp³-hybridized carbons (Fsp3) is 0.400. The zero-order valence-electron chi connectivity index (χ0n) is 14.6. The van der Waals surface area contributed by atoms with Crippen molar-refractivity contribution in [3.8, 4) is 0 Å². The fourth-order valence-electron chi connectivity index (χ4n) is 3.56. The van der Waals surface area contributed by atoms with Gasteiger partial charge in [-0.05, 0) is 31.2 Å². The molecule has 0 radical (unpaired) electrons. The maximum Gasteiger partial charge on any atom is 0.315 e. The molecular weight excluding hydrogens is 314 g/mol. The summed E-state index contributed by atoms with van der Waals surface area (Å²) in [7, 11) is 0. The van der Waals surface area contributed by atoms with E-state index in [9.17, 15) is 9.59 Å². The van der Waals surface area contributed by atoms with Gasteiger partial charge in [0.05, 0.1) is 0 Å². The number of fused-ring (bicyclic) bond motifs is 1. The molecule has 132 valence electrons. The molecule has 0 heterocycles. The van der Waals surface area contributed by atoms with Gasteiger partial charge in [0, 0.05) is 17.6 Å². The van der Waals surface area contributed by atoms with Gasteiger partial charge in [0.15, 0.2) is 0 Å². The Morgan fingerprint density at radius 2 is 1.72 bits per heavy atom. The van der Waals surface area contributed by atoms with Gasteiger partial charge in [0.1, 0.15) is 5.54 Å². The SMILES string of the molecule is CCNC(=O)NC1(C(=O)Nc2cccc3ccccc23)CCCCC1. The Morgan fingerprint density at radius 3 is 2.48 bits per heavy atom. The second-order valence-electron chi connectivity index (χ2n) is 6.61. The fourth-order valence-corrected chi connectivity index (χ4v) is 3.56. The summed E-state index contributed by atoms with van der Waals surface area (Å²) >= 11 is 0. The minimum Gasteiger partial charge on any atom is -0.338 e. The summed E-state index contributed by atoms with van der Waals surface area (Å²) in [6, 6.07) is 13.5. The van der Waals surface area contributed by atoms with Gasteiger partial charge in [-0.25, -0.2) is 4.79 Å². The lowest BCUT2D eigenvalue weighted by Crippen LogP contribution is -2.59. The van der Waals surface area contributed by atoms with E-state index in [1.807, 2.05) is 49.4 Å². The number of benzene rings is 2. The van der Waals surface area contributed by atoms with E-state index in [0.29, 0.717) is 19.4 Å². The first kappa shape index (κ1) is 17.3. The Labute approximate surface area is 148 Å². The second-order valence-corrected chi connectivity index (χ2v) is 6.61. The van der Waals surface area contributed by atoms with Crippen molar-refractivity contribution in [3.05, 3.63) is 42.5 Å². The number of rotatable bonds is 4. The van der Waals surface area contributed by atoms with Crippen LogP contribution < -0.4 is 16.0 Å². The molecule has 1 saturated carbocycles. The third-order valence-corrected chi connectivity index (χ3v) is 4.87. The molecule has 2 aromatic rings. The van der Waals surface area contributed by atoms with Crippen LogP contribution in [0.25, 0.3) is 10.8 Å². The van der Waals surface area contributed by atoms with Crippen molar-refractivity contribution in [2.24, 2.45) is 0 Å². The molecule has 1 aliphatic rings. The summed E-state index contributed by atoms with van der Waals surface area (Å²) in [5.41, 5.74) is -0.0557. The number of urea groups is 1. The van der Waals surface area contributed by atoms with Gasteiger partial charge >= 0.3 is 6.03 Å². The van der Waals surface area contributed by atoms with Crippen LogP contribution in [0.1, 0.15) is 39.0 Å². The Morgan fingerprint density at radius 1 is 1.00 bits per heavy atom. The molecule has 1 fully saturated rings. The molecule has 2 aromatic carbocycles. The third-order valence-electron chi connectivity index (χ3n) is 4.87. The highest BCUT2D eigenvalue weighted by Gasteiger charge is 2.41. The standard InChI is InChI=1S/C20H25N3O2/c1-2-21-19(25)23-20(13-6-3-7-14-20)18(24)22-17-12-8-10-15-9-4-5-11-16(15)17/h4-5,8-12H,2-3,6-7,13-14H2,1H3,(H,22,24)(H2,21,23,25). The number of carbonyl (C=O) groups is 2. The van der Waals surface area contributed by atoms with Gasteiger partial charge in [-0.1, -0.05) is 55.7 Å². The van der Waals surface area contributed by atoms with Crippen molar-refractivity contribution in [2.45, 2.75) is 44.6 Å². The van der Waals surface area contributed by atoms with Crippen LogP contribution in [0.2, 0.25) is 0 Å². The average Bonchev–Trinajstić information content (AvgIpc) is 2.63. The van der Waals surface area contributed by atoms with Crippen molar-refractivity contribution in [3.63, 3.8) is 0 Å². The predicted octanol–water partition coefficient (Wildman–Crippen LogP) is 3.80. The third kappa shape index (κ3) is 3.76. The smallest absolute Gasteiger partial charge is 0.315 e. The number of anilines is 1. The molecule has 3 N–H and O–H groups in total. The largest absolute Gasteiger partial charge is 0.338 e. The first-order valence-corrected chi connectivity index (χ1v) is 9.00. The van der Waals surface area contributed by atoms with Crippen molar-refractivity contribution in [1.29, 1.82) is 0 Å². The Kier molecular flexibility index (Phi) is 5.22. The molecular formula is C20H25N3O2. The lowest BCUT2D eigenvalue weighted by Gasteiger charge is -2.36. The van der Waals surface area contributed by atoms with Crippen molar-refractivity contribution in [1.82, 2.24) is 10.6 Å². The molecule has 0 saturated heterocycles. The molecule has 0 unspecified atom stereocenters. The minimum atomic E-state index is -0.839. The normalized spacial score (nSPS) is 16.2. The molecule has 3 rings (SSSR count). The highest BCUT2D eigenvalue weighted by molar-refractivity contribution is 6.06. The molecule has 0 aliphatic heterocycles. The summed E-state index contributed by atoms with van der Waals surface area (Å²) in [5, 5.41) is 10.8. The number of nitrogens with one attached hydrogen (secondary N) is 3. The molecule has 5 nitrogen and oxygen atoms in total. The van der Waals surface area contributed by atoms with Crippen LogP contribution in [0.5, 0.6) is 0 Å². The van der Waals surface area contributed by atoms with E-state index in [2.05, 4.69) is 16.0 Å². The van der Waals surface area contributed by atoms with E-state index in [-0.39, 0.29) is 11.9 Å². The van der Waals surface area contributed by atoms with Crippen LogP contribution in [0.4, 0.5) is 10.5 Å². The predicted molar refractivity (Wildman–Crippen MR) is 101 cm³/mol. The van der Waals surface area contributed by atoms with Crippen molar-refractivity contribution >= 4 is 28.4 Å². The van der Waals surface area contributed by atoms with E-state index in [4.69, 9.17) is 0 Å². The Balaban J connectivity index is 1.86. The van der Waals surface area contributed by atoms with Gasteiger partial charge < -0.3 is 16.0 Å². The minimum absolute atomic E-state index is 0.130. The van der Waals surface area contributed by atoms with E-state index >= 15 is 0 Å². The van der Waals surface area contributed by atoms with E-state index in [1.165, 1.54) is 0 Å². The van der Waals surface area contributed by atoms with Crippen LogP contribution >= 0.6 is 0 Å². The van der Waals surface area contributed by atoms with Crippen LogP contribution in [0.3, 0.4) is 0 Å². The molecule has 25 heavy (non-hydrogen) atoms. The zero-order valence-corrected chi connectivity index (χ0v) is 14.6. The number of carbonyl (C=O) groups excluding carboxylic acids is 2. The summed E-state index contributed by atoms with van der Waals surface area (Å²) < 4.78 is 0. The summed E-state index contributed by atoms with van der Waals surface area (Å²) in [6.45, 7) is 2.40. The van der Waals surface area contributed by atoms with E-state index < -0.39 is 5.54 Å². The molecule has 0 spiro atoms. The van der Waals surface area contributed by atoms with Crippen molar-refractivity contribution in [2.75, 3.05) is 11.9 Å². The molecule has 0 aromatic heterocycles. The van der Waals surface area contributed by atoms with Crippen LogP contribution in [-0.4, -0.2) is 24.0 Å². The molecule has 3 amide bonds. The lowest BCUT2D eigenvalue weighted by molar-refractivity contribution is -0.123. The number of hydrogen-bond acceptors (Lipinski definition) is 2. The van der Waals surface area contributed by atoms with E-state index in [0.717, 1.165) is 35.7 Å². The highest BCUT2D eigenvalue weighted by atomic mass is 16.2. The molecule has 1 aliphatic carbocycles. The lowest BCUT2D eigenvalue weighted by atomic mass is 9.80. The van der Waals surface area contributed by atoms with Gasteiger partial charge in [-0.15, -0.1) is 0 Å². The number of amides is 3. The summed E-state index contributed by atoms with van der Waals surface area (Å²) in [5.74, 6) is -0.130. The van der Waals surface area contributed by atoms with Crippen LogP contribution in [0.15, 0.2) is 42.5 Å². The van der Waals surface area contributed by atoms with Gasteiger partial charge in [-0.2, -0.15) is 0 Å². The zero-order chi connectivity index (χ0) is 17.7. The van der Waals surface area contributed by atoms with E-state index in [1.54, 1.807) is 0 Å². The number of hydrogen-bond donors (Lipinski definition) is 3. The van der Waals surface area contributed by atoms with Crippen molar-refractivity contribution < 1.29 is 9.59 Å². The highest BCUT2D eigenvalue weighted by Crippen LogP contribution is 2.31. The Hall–Kier alpha value is -2.56. The van der Waals surface area contributed by atoms with Crippen LogP contribution in [-0.2, 0) is 4.79 Å². The second kappa shape index (κ2) is 7.55. The first-order chi connectivity index (χ1) is 12.1. The maximum absolute atomic E-state index is 13.1.